The van der Waals surface area contributed by atoms with E-state index in [-0.39, 0.29) is 11.8 Å². The molecule has 1 atom stereocenters. The zero-order valence-electron chi connectivity index (χ0n) is 31.1. The standard InChI is InChI=1S/C46H49ClN2O4/c1-46(2,3)37-21-24-39(25-22-37)53-40-12-8-9-32(27-40)30-48-42-26-23-38(47)29-41(42)44(50)49-43(45(51)52-4)28-31-13-15-34(16-14-31)36-19-17-35(18-20-36)33-10-6-5-7-11-33/h8-9,12-27,29,33,43,48H,5-7,10-11,28,30H2,1-4H3,(H,49,50)/t43-/m0/s1. The number of hydrogen-bond acceptors (Lipinski definition) is 5. The van der Waals surface area contributed by atoms with Crippen molar-refractivity contribution in [2.24, 2.45) is 0 Å². The molecule has 0 bridgehead atoms. The number of ether oxygens (including phenoxy) is 2. The summed E-state index contributed by atoms with van der Waals surface area (Å²) in [4.78, 5) is 26.7. The van der Waals surface area contributed by atoms with Crippen LogP contribution in [-0.2, 0) is 27.9 Å². The molecule has 7 heteroatoms. The lowest BCUT2D eigenvalue weighted by Gasteiger charge is -2.22. The van der Waals surface area contributed by atoms with E-state index in [1.165, 1.54) is 50.3 Å². The van der Waals surface area contributed by atoms with Crippen LogP contribution in [0, 0.1) is 0 Å². The molecular weight excluding hydrogens is 680 g/mol. The summed E-state index contributed by atoms with van der Waals surface area (Å²) in [6.45, 7) is 6.98. The average Bonchev–Trinajstić information content (AvgIpc) is 3.17. The Kier molecular flexibility index (Phi) is 12.2. The number of benzene rings is 5. The van der Waals surface area contributed by atoms with E-state index in [1.54, 1.807) is 18.2 Å². The van der Waals surface area contributed by atoms with Crippen LogP contribution < -0.4 is 15.4 Å². The van der Waals surface area contributed by atoms with Gasteiger partial charge in [-0.1, -0.05) is 124 Å². The van der Waals surface area contributed by atoms with Crippen LogP contribution >= 0.6 is 11.6 Å². The number of esters is 1. The van der Waals surface area contributed by atoms with Gasteiger partial charge in [0, 0.05) is 23.7 Å². The average molecular weight is 729 g/mol. The lowest BCUT2D eigenvalue weighted by Crippen LogP contribution is -2.43. The molecule has 1 aliphatic rings. The van der Waals surface area contributed by atoms with E-state index < -0.39 is 17.9 Å². The lowest BCUT2D eigenvalue weighted by atomic mass is 9.83. The quantitative estimate of drug-likeness (QED) is 0.125. The molecule has 2 N–H and O–H groups in total. The van der Waals surface area contributed by atoms with E-state index in [4.69, 9.17) is 21.1 Å². The van der Waals surface area contributed by atoms with Crippen molar-refractivity contribution in [1.82, 2.24) is 5.32 Å². The van der Waals surface area contributed by atoms with Crippen LogP contribution in [0.25, 0.3) is 11.1 Å². The zero-order valence-corrected chi connectivity index (χ0v) is 31.8. The van der Waals surface area contributed by atoms with Crippen molar-refractivity contribution in [3.63, 3.8) is 0 Å². The highest BCUT2D eigenvalue weighted by Crippen LogP contribution is 2.34. The molecule has 5 aromatic rings. The van der Waals surface area contributed by atoms with Gasteiger partial charge in [0.25, 0.3) is 5.91 Å². The summed E-state index contributed by atoms with van der Waals surface area (Å²) in [6, 6.07) is 37.2. The molecule has 1 aliphatic carbocycles. The van der Waals surface area contributed by atoms with Gasteiger partial charge < -0.3 is 20.1 Å². The maximum Gasteiger partial charge on any atom is 0.328 e. The van der Waals surface area contributed by atoms with Crippen molar-refractivity contribution < 1.29 is 19.1 Å². The molecule has 0 heterocycles. The summed E-state index contributed by atoms with van der Waals surface area (Å²) >= 11 is 6.36. The van der Waals surface area contributed by atoms with Gasteiger partial charge in [-0.2, -0.15) is 0 Å². The number of carbonyl (C=O) groups is 2. The lowest BCUT2D eigenvalue weighted by molar-refractivity contribution is -0.142. The minimum absolute atomic E-state index is 0.0651. The molecule has 0 aromatic heterocycles. The van der Waals surface area contributed by atoms with Crippen LogP contribution in [0.2, 0.25) is 5.02 Å². The molecule has 1 amide bonds. The molecule has 53 heavy (non-hydrogen) atoms. The number of hydrogen-bond donors (Lipinski definition) is 2. The summed E-state index contributed by atoms with van der Waals surface area (Å²) in [5.74, 6) is 1.18. The van der Waals surface area contributed by atoms with Crippen LogP contribution in [0.5, 0.6) is 11.5 Å². The van der Waals surface area contributed by atoms with Crippen LogP contribution in [0.1, 0.15) is 91.4 Å². The first kappa shape index (κ1) is 37.7. The molecule has 0 spiro atoms. The van der Waals surface area contributed by atoms with Crippen molar-refractivity contribution in [2.75, 3.05) is 12.4 Å². The summed E-state index contributed by atoms with van der Waals surface area (Å²) in [7, 11) is 1.33. The maximum absolute atomic E-state index is 13.7. The summed E-state index contributed by atoms with van der Waals surface area (Å²) < 4.78 is 11.2. The fraction of sp³-hybridized carbons (Fsp3) is 0.304. The third-order valence-electron chi connectivity index (χ3n) is 10.1. The number of carbonyl (C=O) groups excluding carboxylic acids is 2. The van der Waals surface area contributed by atoms with Crippen LogP contribution in [-0.4, -0.2) is 25.0 Å². The first-order chi connectivity index (χ1) is 25.6. The Bertz CT molecular complexity index is 1990. The Morgan fingerprint density at radius 1 is 0.774 bits per heavy atom. The smallest absolute Gasteiger partial charge is 0.328 e. The number of amides is 1. The monoisotopic (exact) mass is 728 g/mol. The van der Waals surface area contributed by atoms with Crippen LogP contribution in [0.4, 0.5) is 5.69 Å². The largest absolute Gasteiger partial charge is 0.467 e. The highest BCUT2D eigenvalue weighted by atomic mass is 35.5. The first-order valence-corrected chi connectivity index (χ1v) is 18.9. The molecular formula is C46H49ClN2O4. The summed E-state index contributed by atoms with van der Waals surface area (Å²) in [6.07, 6.45) is 6.81. The Hall–Kier alpha value is -5.07. The van der Waals surface area contributed by atoms with Gasteiger partial charge in [0.05, 0.1) is 12.7 Å². The third-order valence-corrected chi connectivity index (χ3v) is 10.3. The summed E-state index contributed by atoms with van der Waals surface area (Å²) in [5, 5.41) is 6.68. The van der Waals surface area contributed by atoms with Gasteiger partial charge >= 0.3 is 5.97 Å². The van der Waals surface area contributed by atoms with E-state index in [0.717, 1.165) is 28.0 Å². The van der Waals surface area contributed by atoms with Crippen molar-refractivity contribution in [2.45, 2.75) is 83.2 Å². The fourth-order valence-corrected chi connectivity index (χ4v) is 7.13. The second kappa shape index (κ2) is 17.2. The van der Waals surface area contributed by atoms with E-state index in [0.29, 0.717) is 34.5 Å². The van der Waals surface area contributed by atoms with Gasteiger partial charge in [0.15, 0.2) is 0 Å². The normalized spacial score (nSPS) is 13.9. The number of nitrogens with one attached hydrogen (secondary N) is 2. The topological polar surface area (TPSA) is 76.7 Å². The molecule has 6 nitrogen and oxygen atoms in total. The molecule has 6 rings (SSSR count). The van der Waals surface area contributed by atoms with Crippen molar-refractivity contribution >= 4 is 29.2 Å². The van der Waals surface area contributed by atoms with Crippen LogP contribution in [0.15, 0.2) is 115 Å². The Morgan fingerprint density at radius 3 is 2.11 bits per heavy atom. The Balaban J connectivity index is 1.10. The number of rotatable bonds is 12. The minimum Gasteiger partial charge on any atom is -0.467 e. The highest BCUT2D eigenvalue weighted by molar-refractivity contribution is 6.31. The SMILES string of the molecule is COC(=O)[C@H](Cc1ccc(-c2ccc(C3CCCCC3)cc2)cc1)NC(=O)c1cc(Cl)ccc1NCc1cccc(Oc2ccc(C(C)(C)C)cc2)c1. The van der Waals surface area contributed by atoms with E-state index in [9.17, 15) is 9.59 Å². The molecule has 0 aliphatic heterocycles. The number of anilines is 1. The number of halogens is 1. The molecule has 0 saturated heterocycles. The Morgan fingerprint density at radius 2 is 1.45 bits per heavy atom. The minimum atomic E-state index is -0.897. The molecule has 0 unspecified atom stereocenters. The predicted molar refractivity (Wildman–Crippen MR) is 215 cm³/mol. The Labute approximate surface area is 318 Å². The molecule has 1 fully saturated rings. The van der Waals surface area contributed by atoms with Gasteiger partial charge in [0.2, 0.25) is 0 Å². The molecule has 1 saturated carbocycles. The molecule has 274 valence electrons. The molecule has 0 radical (unpaired) electrons. The van der Waals surface area contributed by atoms with Gasteiger partial charge in [-0.15, -0.1) is 0 Å². The van der Waals surface area contributed by atoms with Gasteiger partial charge in [-0.25, -0.2) is 4.79 Å². The van der Waals surface area contributed by atoms with Gasteiger partial charge in [-0.05, 0) is 100 Å². The van der Waals surface area contributed by atoms with Crippen molar-refractivity contribution in [3.05, 3.63) is 148 Å². The van der Waals surface area contributed by atoms with E-state index in [2.05, 4.69) is 79.9 Å². The zero-order chi connectivity index (χ0) is 37.4. The second-order valence-electron chi connectivity index (χ2n) is 15.0. The molecule has 5 aromatic carbocycles. The maximum atomic E-state index is 13.7. The first-order valence-electron chi connectivity index (χ1n) is 18.5. The fourth-order valence-electron chi connectivity index (χ4n) is 6.96. The second-order valence-corrected chi connectivity index (χ2v) is 15.4. The van der Waals surface area contributed by atoms with Gasteiger partial charge in [0.1, 0.15) is 17.5 Å². The van der Waals surface area contributed by atoms with Crippen molar-refractivity contribution in [3.8, 4) is 22.6 Å². The predicted octanol–water partition coefficient (Wildman–Crippen LogP) is 11.3. The highest BCUT2D eigenvalue weighted by Gasteiger charge is 2.24. The third kappa shape index (κ3) is 10.1. The van der Waals surface area contributed by atoms with Gasteiger partial charge in [-0.3, -0.25) is 4.79 Å². The van der Waals surface area contributed by atoms with E-state index >= 15 is 0 Å². The number of methoxy groups -OCH3 is 1. The summed E-state index contributed by atoms with van der Waals surface area (Å²) in [5.41, 5.74) is 7.76. The van der Waals surface area contributed by atoms with Crippen LogP contribution in [0.3, 0.4) is 0 Å². The van der Waals surface area contributed by atoms with Crippen molar-refractivity contribution in [1.29, 1.82) is 0 Å². The van der Waals surface area contributed by atoms with E-state index in [1.807, 2.05) is 48.5 Å².